The van der Waals surface area contributed by atoms with Crippen LogP contribution in [0.25, 0.3) is 0 Å². The maximum Gasteiger partial charge on any atom is 0.0755 e. The van der Waals surface area contributed by atoms with Crippen molar-refractivity contribution in [1.82, 2.24) is 0 Å². The topological polar surface area (TPSA) is 9.23 Å². The van der Waals surface area contributed by atoms with Crippen molar-refractivity contribution in [2.75, 3.05) is 6.61 Å². The molecule has 10 heavy (non-hydrogen) atoms. The summed E-state index contributed by atoms with van der Waals surface area (Å²) in [5, 5.41) is 0. The van der Waals surface area contributed by atoms with Crippen LogP contribution in [0.4, 0.5) is 0 Å². The lowest BCUT2D eigenvalue weighted by atomic mass is 10.1. The molecule has 0 spiro atoms. The molecule has 1 heteroatoms. The fourth-order valence-electron chi connectivity index (χ4n) is 1.19. The van der Waals surface area contributed by atoms with Crippen molar-refractivity contribution in [2.45, 2.75) is 38.7 Å². The van der Waals surface area contributed by atoms with Gasteiger partial charge in [0.1, 0.15) is 0 Å². The third kappa shape index (κ3) is 2.53. The van der Waals surface area contributed by atoms with Gasteiger partial charge in [0.2, 0.25) is 0 Å². The largest absolute Gasteiger partial charge is 0.374 e. The van der Waals surface area contributed by atoms with Crippen LogP contribution in [-0.2, 0) is 4.74 Å². The fourth-order valence-corrected chi connectivity index (χ4v) is 1.19. The monoisotopic (exact) mass is 140 g/mol. The van der Waals surface area contributed by atoms with Gasteiger partial charge in [-0.2, -0.15) is 0 Å². The molecule has 1 nitrogen and oxygen atoms in total. The van der Waals surface area contributed by atoms with Gasteiger partial charge in [0.25, 0.3) is 0 Å². The average molecular weight is 140 g/mol. The summed E-state index contributed by atoms with van der Waals surface area (Å²) in [5.74, 6) is 0. The first-order chi connectivity index (χ1) is 4.93. The molecule has 0 aromatic heterocycles. The van der Waals surface area contributed by atoms with Crippen molar-refractivity contribution in [2.24, 2.45) is 0 Å². The molecule has 0 aliphatic heterocycles. The predicted octanol–water partition coefficient (Wildman–Crippen LogP) is 2.52. The Labute approximate surface area is 63.1 Å². The molecule has 0 heterocycles. The Bertz CT molecular complexity index is 107. The minimum Gasteiger partial charge on any atom is -0.374 e. The molecule has 1 atom stereocenters. The highest BCUT2D eigenvalue weighted by Gasteiger charge is 2.06. The van der Waals surface area contributed by atoms with Crippen molar-refractivity contribution in [1.29, 1.82) is 0 Å². The Balaban J connectivity index is 2.13. The van der Waals surface area contributed by atoms with Crippen LogP contribution in [0.5, 0.6) is 0 Å². The van der Waals surface area contributed by atoms with Crippen molar-refractivity contribution in [3.8, 4) is 0 Å². The lowest BCUT2D eigenvalue weighted by molar-refractivity contribution is 0.0758. The normalized spacial score (nSPS) is 25.1. The van der Waals surface area contributed by atoms with E-state index in [0.717, 1.165) is 13.0 Å². The SMILES string of the molecule is CCCOC1C=CCCC1. The molecular weight excluding hydrogens is 124 g/mol. The van der Waals surface area contributed by atoms with Gasteiger partial charge in [-0.25, -0.2) is 0 Å². The van der Waals surface area contributed by atoms with Gasteiger partial charge in [-0.3, -0.25) is 0 Å². The maximum atomic E-state index is 5.55. The molecule has 0 aromatic carbocycles. The zero-order valence-electron chi connectivity index (χ0n) is 6.68. The van der Waals surface area contributed by atoms with E-state index in [1.54, 1.807) is 0 Å². The van der Waals surface area contributed by atoms with Gasteiger partial charge in [-0.1, -0.05) is 19.1 Å². The van der Waals surface area contributed by atoms with Crippen molar-refractivity contribution < 1.29 is 4.74 Å². The van der Waals surface area contributed by atoms with Crippen molar-refractivity contribution in [3.05, 3.63) is 12.2 Å². The molecule has 0 fully saturated rings. The first-order valence-electron chi connectivity index (χ1n) is 4.21. The molecule has 1 aliphatic rings. The average Bonchev–Trinajstić information content (AvgIpc) is 2.03. The smallest absolute Gasteiger partial charge is 0.0755 e. The third-order valence-electron chi connectivity index (χ3n) is 1.75. The van der Waals surface area contributed by atoms with Gasteiger partial charge in [0.15, 0.2) is 0 Å². The molecule has 0 N–H and O–H groups in total. The summed E-state index contributed by atoms with van der Waals surface area (Å²) in [5.41, 5.74) is 0. The van der Waals surface area contributed by atoms with E-state index in [4.69, 9.17) is 4.74 Å². The van der Waals surface area contributed by atoms with Gasteiger partial charge in [0, 0.05) is 6.61 Å². The van der Waals surface area contributed by atoms with Crippen LogP contribution >= 0.6 is 0 Å². The van der Waals surface area contributed by atoms with E-state index in [9.17, 15) is 0 Å². The van der Waals surface area contributed by atoms with E-state index in [2.05, 4.69) is 19.1 Å². The van der Waals surface area contributed by atoms with Gasteiger partial charge < -0.3 is 4.74 Å². The Morgan fingerprint density at radius 2 is 2.50 bits per heavy atom. The van der Waals surface area contributed by atoms with Gasteiger partial charge >= 0.3 is 0 Å². The molecule has 0 saturated heterocycles. The maximum absolute atomic E-state index is 5.55. The predicted molar refractivity (Wildman–Crippen MR) is 43.0 cm³/mol. The first-order valence-corrected chi connectivity index (χ1v) is 4.21. The summed E-state index contributed by atoms with van der Waals surface area (Å²) in [6, 6.07) is 0. The second kappa shape index (κ2) is 4.51. The third-order valence-corrected chi connectivity index (χ3v) is 1.75. The van der Waals surface area contributed by atoms with Crippen LogP contribution in [0, 0.1) is 0 Å². The highest BCUT2D eigenvalue weighted by molar-refractivity contribution is 4.93. The number of allylic oxidation sites excluding steroid dienone is 1. The van der Waals surface area contributed by atoms with E-state index < -0.39 is 0 Å². The quantitative estimate of drug-likeness (QED) is 0.547. The molecule has 1 rings (SSSR count). The van der Waals surface area contributed by atoms with E-state index in [1.165, 1.54) is 19.3 Å². The first kappa shape index (κ1) is 7.80. The van der Waals surface area contributed by atoms with E-state index >= 15 is 0 Å². The Morgan fingerprint density at radius 1 is 1.60 bits per heavy atom. The summed E-state index contributed by atoms with van der Waals surface area (Å²) >= 11 is 0. The molecule has 0 amide bonds. The number of hydrogen-bond acceptors (Lipinski definition) is 1. The van der Waals surface area contributed by atoms with Crippen LogP contribution in [-0.4, -0.2) is 12.7 Å². The Morgan fingerprint density at radius 3 is 3.10 bits per heavy atom. The van der Waals surface area contributed by atoms with E-state index in [1.807, 2.05) is 0 Å². The molecule has 58 valence electrons. The minimum absolute atomic E-state index is 0.425. The number of rotatable bonds is 3. The minimum atomic E-state index is 0.425. The van der Waals surface area contributed by atoms with Crippen molar-refractivity contribution in [3.63, 3.8) is 0 Å². The summed E-state index contributed by atoms with van der Waals surface area (Å²) in [6.45, 7) is 3.06. The van der Waals surface area contributed by atoms with E-state index in [0.29, 0.717) is 6.10 Å². The number of hydrogen-bond donors (Lipinski definition) is 0. The molecule has 0 radical (unpaired) electrons. The zero-order chi connectivity index (χ0) is 7.23. The van der Waals surface area contributed by atoms with Crippen LogP contribution in [0.3, 0.4) is 0 Å². The highest BCUT2D eigenvalue weighted by atomic mass is 16.5. The van der Waals surface area contributed by atoms with Crippen LogP contribution in [0.15, 0.2) is 12.2 Å². The standard InChI is InChI=1S/C9H16O/c1-2-8-10-9-6-4-3-5-7-9/h4,6,9H,2-3,5,7-8H2,1H3. The Kier molecular flexibility index (Phi) is 3.52. The lowest BCUT2D eigenvalue weighted by Crippen LogP contribution is -2.12. The van der Waals surface area contributed by atoms with Gasteiger partial charge in [-0.05, 0) is 25.7 Å². The van der Waals surface area contributed by atoms with Crippen molar-refractivity contribution >= 4 is 0 Å². The lowest BCUT2D eigenvalue weighted by Gasteiger charge is -2.16. The highest BCUT2D eigenvalue weighted by Crippen LogP contribution is 2.13. The zero-order valence-corrected chi connectivity index (χ0v) is 6.68. The second-order valence-electron chi connectivity index (χ2n) is 2.77. The molecule has 1 aliphatic carbocycles. The number of ether oxygens (including phenoxy) is 1. The van der Waals surface area contributed by atoms with Gasteiger partial charge in [0.05, 0.1) is 6.10 Å². The summed E-state index contributed by atoms with van der Waals surface area (Å²) in [4.78, 5) is 0. The van der Waals surface area contributed by atoms with Crippen LogP contribution in [0.2, 0.25) is 0 Å². The van der Waals surface area contributed by atoms with Gasteiger partial charge in [-0.15, -0.1) is 0 Å². The fraction of sp³-hybridized carbons (Fsp3) is 0.778. The summed E-state index contributed by atoms with van der Waals surface area (Å²) < 4.78 is 5.55. The molecule has 0 aromatic rings. The molecule has 1 unspecified atom stereocenters. The summed E-state index contributed by atoms with van der Waals surface area (Å²) in [6.07, 6.45) is 9.73. The molecule has 0 saturated carbocycles. The molecular formula is C9H16O. The summed E-state index contributed by atoms with van der Waals surface area (Å²) in [7, 11) is 0. The Hall–Kier alpha value is -0.300. The second-order valence-corrected chi connectivity index (χ2v) is 2.77. The van der Waals surface area contributed by atoms with Crippen LogP contribution < -0.4 is 0 Å². The van der Waals surface area contributed by atoms with E-state index in [-0.39, 0.29) is 0 Å². The molecule has 0 bridgehead atoms. The van der Waals surface area contributed by atoms with Crippen LogP contribution in [0.1, 0.15) is 32.6 Å².